The van der Waals surface area contributed by atoms with Gasteiger partial charge in [0.2, 0.25) is 0 Å². The zero-order valence-corrected chi connectivity index (χ0v) is 5.66. The van der Waals surface area contributed by atoms with Crippen LogP contribution in [0.15, 0.2) is 0 Å². The number of aliphatic carboxylic acids is 1. The van der Waals surface area contributed by atoms with Gasteiger partial charge in [0.15, 0.2) is 0 Å². The van der Waals surface area contributed by atoms with Gasteiger partial charge in [0.25, 0.3) is 0 Å². The molecule has 0 heterocycles. The van der Waals surface area contributed by atoms with Crippen LogP contribution in [0.25, 0.3) is 0 Å². The van der Waals surface area contributed by atoms with Gasteiger partial charge in [-0.15, -0.1) is 0 Å². The van der Waals surface area contributed by atoms with E-state index in [9.17, 15) is 4.79 Å². The predicted molar refractivity (Wildman–Crippen MR) is 33.7 cm³/mol. The quantitative estimate of drug-likeness (QED) is 0.547. The summed E-state index contributed by atoms with van der Waals surface area (Å²) in [5.41, 5.74) is 0. The van der Waals surface area contributed by atoms with Crippen LogP contribution in [-0.4, -0.2) is 23.4 Å². The van der Waals surface area contributed by atoms with Crippen molar-refractivity contribution in [2.24, 2.45) is 0 Å². The number of rotatable bonds is 3. The van der Waals surface area contributed by atoms with Gasteiger partial charge in [0.05, 0.1) is 0 Å². The summed E-state index contributed by atoms with van der Waals surface area (Å²) in [5.74, 6) is -0.820. The maximum atomic E-state index is 10.0. The van der Waals surface area contributed by atoms with Crippen LogP contribution in [0.2, 0.25) is 0 Å². The summed E-state index contributed by atoms with van der Waals surface area (Å²) >= 11 is 1.31. The third kappa shape index (κ3) is 2.87. The smallest absolute Gasteiger partial charge is 0.321 e. The molecule has 2 N–H and O–H groups in total. The largest absolute Gasteiger partial charge is 0.480 e. The van der Waals surface area contributed by atoms with Gasteiger partial charge >= 0.3 is 5.97 Å². The van der Waals surface area contributed by atoms with E-state index in [4.69, 9.17) is 5.11 Å². The Morgan fingerprint density at radius 2 is 2.38 bits per heavy atom. The highest BCUT2D eigenvalue weighted by atomic mass is 32.2. The summed E-state index contributed by atoms with van der Waals surface area (Å²) in [6, 6.07) is -0.454. The molecule has 1 atom stereocenters. The predicted octanol–water partition coefficient (Wildman–Crippen LogP) is 0.327. The first-order valence-electron chi connectivity index (χ1n) is 2.19. The molecule has 0 amide bonds. The Morgan fingerprint density at radius 3 is 2.50 bits per heavy atom. The first kappa shape index (κ1) is 7.78. The van der Waals surface area contributed by atoms with E-state index >= 15 is 0 Å². The van der Waals surface area contributed by atoms with E-state index in [1.165, 1.54) is 11.9 Å². The van der Waals surface area contributed by atoms with Gasteiger partial charge in [-0.1, -0.05) is 11.9 Å². The molecule has 0 aliphatic carbocycles. The van der Waals surface area contributed by atoms with Crippen molar-refractivity contribution >= 4 is 17.9 Å². The first-order valence-corrected chi connectivity index (χ1v) is 3.42. The summed E-state index contributed by atoms with van der Waals surface area (Å²) in [6.45, 7) is 1.60. The van der Waals surface area contributed by atoms with E-state index in [0.717, 1.165) is 0 Å². The van der Waals surface area contributed by atoms with Gasteiger partial charge in [-0.25, -0.2) is 0 Å². The third-order valence-corrected chi connectivity index (χ3v) is 1.25. The monoisotopic (exact) mass is 135 g/mol. The lowest BCUT2D eigenvalue weighted by Gasteiger charge is -2.02. The number of carboxylic acids is 1. The van der Waals surface area contributed by atoms with E-state index in [-0.39, 0.29) is 0 Å². The van der Waals surface area contributed by atoms with Gasteiger partial charge in [0, 0.05) is 0 Å². The Labute approximate surface area is 52.6 Å². The molecule has 3 nitrogen and oxygen atoms in total. The molecule has 0 aliphatic heterocycles. The fraction of sp³-hybridized carbons (Fsp3) is 0.750. The van der Waals surface area contributed by atoms with Crippen molar-refractivity contribution in [1.29, 1.82) is 0 Å². The molecule has 0 aromatic rings. The van der Waals surface area contributed by atoms with Crippen molar-refractivity contribution in [3.05, 3.63) is 0 Å². The average molecular weight is 135 g/mol. The van der Waals surface area contributed by atoms with Crippen molar-refractivity contribution < 1.29 is 9.90 Å². The molecule has 1 unspecified atom stereocenters. The lowest BCUT2D eigenvalue weighted by atomic mass is 10.4. The van der Waals surface area contributed by atoms with E-state index in [1.807, 2.05) is 0 Å². The van der Waals surface area contributed by atoms with Crippen LogP contribution in [0.3, 0.4) is 0 Å². The molecule has 0 saturated heterocycles. The number of hydrogen-bond donors (Lipinski definition) is 2. The minimum atomic E-state index is -0.820. The Balaban J connectivity index is 3.32. The molecule has 0 saturated carbocycles. The maximum absolute atomic E-state index is 10.0. The number of carbonyl (C=O) groups is 1. The Morgan fingerprint density at radius 1 is 1.88 bits per heavy atom. The van der Waals surface area contributed by atoms with Gasteiger partial charge in [-0.2, -0.15) is 0 Å². The highest BCUT2D eigenvalue weighted by Crippen LogP contribution is 1.88. The Kier molecular flexibility index (Phi) is 3.64. The molecule has 0 aromatic heterocycles. The van der Waals surface area contributed by atoms with Crippen LogP contribution < -0.4 is 4.72 Å². The molecule has 8 heavy (non-hydrogen) atoms. The molecule has 48 valence electrons. The molecule has 4 heteroatoms. The van der Waals surface area contributed by atoms with Crippen molar-refractivity contribution in [2.45, 2.75) is 13.0 Å². The van der Waals surface area contributed by atoms with Crippen LogP contribution in [0.4, 0.5) is 0 Å². The Bertz CT molecular complexity index is 86.1. The summed E-state index contributed by atoms with van der Waals surface area (Å²) in [5, 5.41) is 8.24. The van der Waals surface area contributed by atoms with Gasteiger partial charge in [0.1, 0.15) is 6.04 Å². The van der Waals surface area contributed by atoms with Crippen LogP contribution in [0.5, 0.6) is 0 Å². The van der Waals surface area contributed by atoms with Crippen molar-refractivity contribution in [3.63, 3.8) is 0 Å². The molecule has 0 bridgehead atoms. The van der Waals surface area contributed by atoms with E-state index in [2.05, 4.69) is 4.72 Å². The van der Waals surface area contributed by atoms with E-state index in [0.29, 0.717) is 0 Å². The standard InChI is InChI=1S/C4H9NO2S/c1-3(4(6)7)5-8-2/h3,5H,1-2H3,(H,6,7). The van der Waals surface area contributed by atoms with Crippen LogP contribution in [-0.2, 0) is 4.79 Å². The number of hydrogen-bond acceptors (Lipinski definition) is 3. The number of nitrogens with one attached hydrogen (secondary N) is 1. The normalized spacial score (nSPS) is 13.2. The Hall–Kier alpha value is -0.220. The second-order valence-corrected chi connectivity index (χ2v) is 2.03. The summed E-state index contributed by atoms with van der Waals surface area (Å²) in [7, 11) is 0. The highest BCUT2D eigenvalue weighted by molar-refractivity contribution is 7.96. The number of carboxylic acid groups (broad SMARTS) is 1. The van der Waals surface area contributed by atoms with Gasteiger partial charge in [-0.3, -0.25) is 9.52 Å². The molecule has 0 aromatic carbocycles. The molecule has 0 aliphatic rings. The molecular formula is C4H9NO2S. The van der Waals surface area contributed by atoms with Crippen LogP contribution in [0, 0.1) is 0 Å². The van der Waals surface area contributed by atoms with E-state index in [1.54, 1.807) is 13.2 Å². The fourth-order valence-electron chi connectivity index (χ4n) is 0.227. The van der Waals surface area contributed by atoms with Gasteiger partial charge < -0.3 is 5.11 Å². The van der Waals surface area contributed by atoms with Crippen LogP contribution in [0.1, 0.15) is 6.92 Å². The highest BCUT2D eigenvalue weighted by Gasteiger charge is 2.06. The molecule has 0 spiro atoms. The van der Waals surface area contributed by atoms with Crippen molar-refractivity contribution in [2.75, 3.05) is 6.26 Å². The van der Waals surface area contributed by atoms with Crippen LogP contribution >= 0.6 is 11.9 Å². The zero-order valence-electron chi connectivity index (χ0n) is 4.84. The molecule has 0 rings (SSSR count). The lowest BCUT2D eigenvalue weighted by molar-refractivity contribution is -0.138. The zero-order chi connectivity index (χ0) is 6.57. The van der Waals surface area contributed by atoms with Crippen molar-refractivity contribution in [1.82, 2.24) is 4.72 Å². The van der Waals surface area contributed by atoms with Gasteiger partial charge in [-0.05, 0) is 13.2 Å². The first-order chi connectivity index (χ1) is 3.68. The summed E-state index contributed by atoms with van der Waals surface area (Å²) in [6.07, 6.45) is 1.79. The second-order valence-electron chi connectivity index (χ2n) is 1.38. The summed E-state index contributed by atoms with van der Waals surface area (Å²) < 4.78 is 2.66. The molecule has 0 radical (unpaired) electrons. The second kappa shape index (κ2) is 3.74. The molecular weight excluding hydrogens is 126 g/mol. The topological polar surface area (TPSA) is 49.3 Å². The minimum absolute atomic E-state index is 0.454. The lowest BCUT2D eigenvalue weighted by Crippen LogP contribution is -2.28. The maximum Gasteiger partial charge on any atom is 0.321 e. The third-order valence-electron chi connectivity index (χ3n) is 0.665. The van der Waals surface area contributed by atoms with Crippen molar-refractivity contribution in [3.8, 4) is 0 Å². The fourth-order valence-corrected chi connectivity index (χ4v) is 0.682. The minimum Gasteiger partial charge on any atom is -0.480 e. The average Bonchev–Trinajstić information content (AvgIpc) is 1.67. The summed E-state index contributed by atoms with van der Waals surface area (Å²) in [4.78, 5) is 10.0. The SMILES string of the molecule is CSNC(C)C(=O)O. The molecule has 0 fully saturated rings. The van der Waals surface area contributed by atoms with E-state index < -0.39 is 12.0 Å².